The van der Waals surface area contributed by atoms with Gasteiger partial charge in [-0.15, -0.1) is 0 Å². The van der Waals surface area contributed by atoms with E-state index in [0.29, 0.717) is 34.6 Å². The van der Waals surface area contributed by atoms with Crippen molar-refractivity contribution in [3.05, 3.63) is 100 Å². The molecule has 4 nitrogen and oxygen atoms in total. The lowest BCUT2D eigenvalue weighted by Gasteiger charge is -2.10. The molecule has 168 valence electrons. The van der Waals surface area contributed by atoms with Crippen LogP contribution in [0.4, 0.5) is 23.2 Å². The van der Waals surface area contributed by atoms with E-state index < -0.39 is 29.2 Å². The van der Waals surface area contributed by atoms with E-state index in [9.17, 15) is 27.2 Å². The lowest BCUT2D eigenvalue weighted by molar-refractivity contribution is -0.140. The van der Waals surface area contributed by atoms with Crippen LogP contribution in [-0.4, -0.2) is 16.3 Å². The largest absolute Gasteiger partial charge is 0.419 e. The second-order valence-corrected chi connectivity index (χ2v) is 7.73. The molecule has 9 heteroatoms. The van der Waals surface area contributed by atoms with Crippen LogP contribution in [0.5, 0.6) is 0 Å². The van der Waals surface area contributed by atoms with E-state index in [-0.39, 0.29) is 11.3 Å². The zero-order chi connectivity index (χ0) is 23.8. The van der Waals surface area contributed by atoms with E-state index in [1.807, 2.05) is 12.1 Å². The molecule has 33 heavy (non-hydrogen) atoms. The fourth-order valence-electron chi connectivity index (χ4n) is 3.48. The van der Waals surface area contributed by atoms with Gasteiger partial charge >= 0.3 is 6.18 Å². The van der Waals surface area contributed by atoms with Gasteiger partial charge in [0.1, 0.15) is 5.82 Å². The Hall–Kier alpha value is -3.65. The molecule has 0 spiro atoms. The number of hydrogen-bond donors (Lipinski definition) is 1. The number of hydrogen-bond acceptors (Lipinski definition) is 2. The molecule has 3 aromatic carbocycles. The van der Waals surface area contributed by atoms with Crippen LogP contribution in [0.2, 0.25) is 5.02 Å². The summed E-state index contributed by atoms with van der Waals surface area (Å²) in [6.45, 7) is 0.402. The first-order chi connectivity index (χ1) is 15.6. The van der Waals surface area contributed by atoms with E-state index in [0.717, 1.165) is 11.6 Å². The summed E-state index contributed by atoms with van der Waals surface area (Å²) in [7, 11) is 0. The van der Waals surface area contributed by atoms with Crippen molar-refractivity contribution in [3.63, 3.8) is 0 Å². The van der Waals surface area contributed by atoms with Crippen molar-refractivity contribution in [2.75, 3.05) is 5.32 Å². The summed E-state index contributed by atoms with van der Waals surface area (Å²) in [4.78, 5) is 25.4. The Morgan fingerprint density at radius 1 is 0.970 bits per heavy atom. The molecule has 0 aliphatic heterocycles. The lowest BCUT2D eigenvalue weighted by atomic mass is 10.1. The smallest absolute Gasteiger partial charge is 0.342 e. The number of amides is 1. The third kappa shape index (κ3) is 4.75. The van der Waals surface area contributed by atoms with Crippen LogP contribution in [0.25, 0.3) is 10.9 Å². The third-order valence-corrected chi connectivity index (χ3v) is 5.29. The van der Waals surface area contributed by atoms with E-state index in [1.165, 1.54) is 6.20 Å². The number of anilines is 1. The summed E-state index contributed by atoms with van der Waals surface area (Å²) < 4.78 is 54.1. The number of fused-ring (bicyclic) bond motifs is 1. The predicted molar refractivity (Wildman–Crippen MR) is 117 cm³/mol. The quantitative estimate of drug-likeness (QED) is 0.209. The van der Waals surface area contributed by atoms with Crippen LogP contribution in [-0.2, 0) is 17.5 Å². The molecule has 0 radical (unpaired) electrons. The van der Waals surface area contributed by atoms with Gasteiger partial charge < -0.3 is 9.88 Å². The highest BCUT2D eigenvalue weighted by atomic mass is 35.5. The number of halogens is 5. The molecule has 4 aromatic rings. The molecule has 0 saturated heterocycles. The van der Waals surface area contributed by atoms with Crippen molar-refractivity contribution in [2.45, 2.75) is 12.7 Å². The molecule has 1 heterocycles. The van der Waals surface area contributed by atoms with Gasteiger partial charge in [0.2, 0.25) is 0 Å². The van der Waals surface area contributed by atoms with Gasteiger partial charge in [-0.05, 0) is 42.0 Å². The number of nitrogens with zero attached hydrogens (tertiary/aromatic N) is 1. The minimum absolute atomic E-state index is 0.0928. The summed E-state index contributed by atoms with van der Waals surface area (Å²) in [5.41, 5.74) is -0.172. The summed E-state index contributed by atoms with van der Waals surface area (Å²) in [5.74, 6) is -3.54. The van der Waals surface area contributed by atoms with E-state index in [2.05, 4.69) is 5.32 Å². The van der Waals surface area contributed by atoms with Gasteiger partial charge in [-0.2, -0.15) is 13.2 Å². The van der Waals surface area contributed by atoms with E-state index >= 15 is 0 Å². The van der Waals surface area contributed by atoms with E-state index in [1.54, 1.807) is 41.0 Å². The SMILES string of the molecule is O=C(Nc1ccc(F)c(C(F)(F)F)c1)C(=O)c1cn(Cc2ccc(Cl)cc2)c2ccccc12. The molecular weight excluding hydrogens is 460 g/mol. The van der Waals surface area contributed by atoms with Crippen LogP contribution in [0.3, 0.4) is 0 Å². The maximum atomic E-state index is 13.5. The summed E-state index contributed by atoms with van der Waals surface area (Å²) in [6.07, 6.45) is -3.42. The van der Waals surface area contributed by atoms with Crippen LogP contribution in [0, 0.1) is 5.82 Å². The highest BCUT2D eigenvalue weighted by molar-refractivity contribution is 6.48. The van der Waals surface area contributed by atoms with Crippen LogP contribution >= 0.6 is 11.6 Å². The second-order valence-electron chi connectivity index (χ2n) is 7.29. The molecule has 1 N–H and O–H groups in total. The van der Waals surface area contributed by atoms with Crippen LogP contribution < -0.4 is 5.32 Å². The second kappa shape index (κ2) is 8.71. The average Bonchev–Trinajstić information content (AvgIpc) is 3.14. The molecule has 0 atom stereocenters. The molecule has 1 amide bonds. The Labute approximate surface area is 190 Å². The standard InChI is InChI=1S/C24H15ClF4N2O2/c25-15-7-5-14(6-8-15)12-31-13-18(17-3-1-2-4-21(17)31)22(32)23(33)30-16-9-10-20(26)19(11-16)24(27,28)29/h1-11,13H,12H2,(H,30,33). The van der Waals surface area contributed by atoms with Crippen molar-refractivity contribution in [1.29, 1.82) is 0 Å². The number of carbonyl (C=O) groups is 2. The predicted octanol–water partition coefficient (Wildman–Crippen LogP) is 6.32. The Bertz CT molecular complexity index is 1360. The number of aromatic nitrogens is 1. The van der Waals surface area contributed by atoms with Crippen LogP contribution in [0.1, 0.15) is 21.5 Å². The zero-order valence-corrected chi connectivity index (χ0v) is 17.5. The molecule has 0 bridgehead atoms. The van der Waals surface area contributed by atoms with Crippen LogP contribution in [0.15, 0.2) is 72.9 Å². The number of carbonyl (C=O) groups excluding carboxylic acids is 2. The molecule has 0 aliphatic carbocycles. The summed E-state index contributed by atoms with van der Waals surface area (Å²) in [6, 6.07) is 16.1. The Kier molecular flexibility index (Phi) is 5.95. The maximum Gasteiger partial charge on any atom is 0.419 e. The van der Waals surface area contributed by atoms with Crippen molar-refractivity contribution < 1.29 is 27.2 Å². The zero-order valence-electron chi connectivity index (χ0n) is 16.8. The van der Waals surface area contributed by atoms with E-state index in [4.69, 9.17) is 11.6 Å². The minimum Gasteiger partial charge on any atom is -0.342 e. The Balaban J connectivity index is 1.63. The number of rotatable bonds is 5. The van der Waals surface area contributed by atoms with Crippen molar-refractivity contribution in [2.24, 2.45) is 0 Å². The highest BCUT2D eigenvalue weighted by Gasteiger charge is 2.34. The number of alkyl halides is 3. The molecular formula is C24H15ClF4N2O2. The van der Waals surface area contributed by atoms with Gasteiger partial charge in [0.15, 0.2) is 0 Å². The minimum atomic E-state index is -4.94. The van der Waals surface area contributed by atoms with Crippen molar-refractivity contribution >= 4 is 39.9 Å². The van der Waals surface area contributed by atoms with Crippen molar-refractivity contribution in [1.82, 2.24) is 4.57 Å². The molecule has 1 aromatic heterocycles. The normalized spacial score (nSPS) is 11.5. The van der Waals surface area contributed by atoms with Gasteiger partial charge in [-0.25, -0.2) is 4.39 Å². The highest BCUT2D eigenvalue weighted by Crippen LogP contribution is 2.33. The number of benzene rings is 3. The van der Waals surface area contributed by atoms with Gasteiger partial charge in [0.05, 0.1) is 11.1 Å². The number of ketones is 1. The first-order valence-electron chi connectivity index (χ1n) is 9.68. The number of para-hydroxylation sites is 1. The topological polar surface area (TPSA) is 51.1 Å². The average molecular weight is 475 g/mol. The van der Waals surface area contributed by atoms with Gasteiger partial charge in [-0.3, -0.25) is 9.59 Å². The Morgan fingerprint density at radius 3 is 2.36 bits per heavy atom. The summed E-state index contributed by atoms with van der Waals surface area (Å²) in [5, 5.41) is 3.23. The fourth-order valence-corrected chi connectivity index (χ4v) is 3.60. The van der Waals surface area contributed by atoms with Gasteiger partial charge in [-0.1, -0.05) is 41.9 Å². The fraction of sp³-hybridized carbons (Fsp3) is 0.0833. The van der Waals surface area contributed by atoms with Crippen molar-refractivity contribution in [3.8, 4) is 0 Å². The lowest BCUT2D eigenvalue weighted by Crippen LogP contribution is -2.23. The third-order valence-electron chi connectivity index (χ3n) is 5.04. The molecule has 0 fully saturated rings. The molecule has 0 unspecified atom stereocenters. The molecule has 4 rings (SSSR count). The van der Waals surface area contributed by atoms with Gasteiger partial charge in [0.25, 0.3) is 11.7 Å². The maximum absolute atomic E-state index is 13.5. The summed E-state index contributed by atoms with van der Waals surface area (Å²) >= 11 is 5.92. The number of nitrogens with one attached hydrogen (secondary N) is 1. The molecule has 0 aliphatic rings. The Morgan fingerprint density at radius 2 is 1.67 bits per heavy atom. The van der Waals surface area contributed by atoms with Gasteiger partial charge in [0, 0.05) is 34.4 Å². The monoisotopic (exact) mass is 474 g/mol. The first-order valence-corrected chi connectivity index (χ1v) is 10.1. The molecule has 0 saturated carbocycles. The number of Topliss-reactive ketones (excluding diaryl/α,β-unsaturated/α-hetero) is 1. The first kappa shape index (κ1) is 22.5.